The molecule has 3 aromatic carbocycles. The van der Waals surface area contributed by atoms with Crippen LogP contribution in [0.3, 0.4) is 0 Å². The normalized spacial score (nSPS) is 13.8. The van der Waals surface area contributed by atoms with Gasteiger partial charge in [0.2, 0.25) is 0 Å². The Morgan fingerprint density at radius 2 is 0.833 bits per heavy atom. The third kappa shape index (κ3) is 4.14. The van der Waals surface area contributed by atoms with E-state index in [1.165, 1.54) is 24.5 Å². The van der Waals surface area contributed by atoms with Crippen LogP contribution in [0, 0.1) is 0 Å². The second-order valence-electron chi connectivity index (χ2n) is 9.40. The van der Waals surface area contributed by atoms with Gasteiger partial charge < -0.3 is 9.47 Å². The lowest BCUT2D eigenvalue weighted by molar-refractivity contribution is 0.0910. The zero-order valence-electron chi connectivity index (χ0n) is 21.6. The van der Waals surface area contributed by atoms with Gasteiger partial charge in [-0.15, -0.1) is 0 Å². The van der Waals surface area contributed by atoms with Gasteiger partial charge in [0.15, 0.2) is 0 Å². The highest BCUT2D eigenvalue weighted by Gasteiger charge is 2.38. The van der Waals surface area contributed by atoms with Crippen LogP contribution < -0.4 is 19.3 Å². The molecule has 0 N–H and O–H groups in total. The number of amides is 4. The van der Waals surface area contributed by atoms with E-state index in [2.05, 4.69) is 9.97 Å². The number of anilines is 2. The Hall–Kier alpha value is -6.16. The molecular weight excluding hydrogens is 536 g/mol. The molecule has 2 aliphatic heterocycles. The van der Waals surface area contributed by atoms with Crippen LogP contribution in [0.1, 0.15) is 41.4 Å². The molecule has 7 rings (SSSR count). The molecule has 10 heteroatoms. The van der Waals surface area contributed by atoms with Crippen molar-refractivity contribution in [3.8, 4) is 23.0 Å². The summed E-state index contributed by atoms with van der Waals surface area (Å²) in [6.07, 6.45) is 6.05. The van der Waals surface area contributed by atoms with Gasteiger partial charge in [0.1, 0.15) is 23.0 Å². The SMILES string of the molecule is O=C1c2ccc(Oc3ccc(Oc4ccc5c(c4)C(=O)N(c4cccnc4)C5=O)cc3)cc2C(=O)N1c1cccnc1. The second-order valence-corrected chi connectivity index (χ2v) is 9.40. The van der Waals surface area contributed by atoms with Crippen LogP contribution in [0.25, 0.3) is 0 Å². The number of nitrogens with zero attached hydrogens (tertiary/aromatic N) is 4. The van der Waals surface area contributed by atoms with E-state index < -0.39 is 23.6 Å². The number of fused-ring (bicyclic) bond motifs is 2. The molecule has 42 heavy (non-hydrogen) atoms. The zero-order valence-corrected chi connectivity index (χ0v) is 21.6. The Bertz CT molecular complexity index is 1770. The average molecular weight is 555 g/mol. The lowest BCUT2D eigenvalue weighted by Crippen LogP contribution is -2.29. The van der Waals surface area contributed by atoms with Crippen LogP contribution in [0.15, 0.2) is 110 Å². The predicted molar refractivity (Wildman–Crippen MR) is 150 cm³/mol. The van der Waals surface area contributed by atoms with Crippen LogP contribution in [-0.4, -0.2) is 33.6 Å². The Morgan fingerprint density at radius 1 is 0.452 bits per heavy atom. The molecule has 0 saturated carbocycles. The van der Waals surface area contributed by atoms with E-state index in [-0.39, 0.29) is 22.3 Å². The van der Waals surface area contributed by atoms with E-state index in [4.69, 9.17) is 9.47 Å². The van der Waals surface area contributed by atoms with Crippen molar-refractivity contribution in [3.05, 3.63) is 132 Å². The smallest absolute Gasteiger partial charge is 0.266 e. The number of hydrogen-bond acceptors (Lipinski definition) is 8. The van der Waals surface area contributed by atoms with Crippen LogP contribution >= 0.6 is 0 Å². The maximum absolute atomic E-state index is 13.0. The summed E-state index contributed by atoms with van der Waals surface area (Å²) in [7, 11) is 0. The number of ether oxygens (including phenoxy) is 2. The van der Waals surface area contributed by atoms with E-state index in [0.29, 0.717) is 34.4 Å². The molecule has 0 saturated heterocycles. The molecule has 2 aromatic heterocycles. The molecule has 0 spiro atoms. The molecule has 202 valence electrons. The third-order valence-corrected chi connectivity index (χ3v) is 6.82. The van der Waals surface area contributed by atoms with Crippen molar-refractivity contribution in [1.82, 2.24) is 9.97 Å². The summed E-state index contributed by atoms with van der Waals surface area (Å²) in [4.78, 5) is 61.8. The highest BCUT2D eigenvalue weighted by atomic mass is 16.5. The third-order valence-electron chi connectivity index (χ3n) is 6.82. The van der Waals surface area contributed by atoms with Gasteiger partial charge in [0.05, 0.1) is 46.0 Å². The molecule has 5 aromatic rings. The van der Waals surface area contributed by atoms with Crippen LogP contribution in [-0.2, 0) is 0 Å². The summed E-state index contributed by atoms with van der Waals surface area (Å²) in [5, 5.41) is 0. The summed E-state index contributed by atoms with van der Waals surface area (Å²) in [6.45, 7) is 0. The standard InChI is InChI=1S/C32H18N4O6/c37-29-25-11-9-23(15-27(25)31(39)35(29)19-3-1-13-33-17-19)41-21-5-7-22(8-6-21)42-24-10-12-26-28(16-24)32(40)36(30(26)38)20-4-2-14-34-18-20/h1-18H. The number of hydrogen-bond donors (Lipinski definition) is 0. The Labute approximate surface area is 238 Å². The Kier molecular flexibility index (Phi) is 5.79. The first-order valence-electron chi connectivity index (χ1n) is 12.8. The number of carbonyl (C=O) groups is 4. The molecule has 0 aliphatic carbocycles. The first-order chi connectivity index (χ1) is 20.5. The van der Waals surface area contributed by atoms with E-state index in [9.17, 15) is 19.2 Å². The van der Waals surface area contributed by atoms with Gasteiger partial charge in [0.25, 0.3) is 23.6 Å². The van der Waals surface area contributed by atoms with Gasteiger partial charge in [-0.2, -0.15) is 0 Å². The summed E-state index contributed by atoms with van der Waals surface area (Å²) in [5.41, 5.74) is 1.86. The van der Waals surface area contributed by atoms with E-state index >= 15 is 0 Å². The van der Waals surface area contributed by atoms with Crippen LogP contribution in [0.5, 0.6) is 23.0 Å². The number of rotatable bonds is 6. The second kappa shape index (κ2) is 9.79. The molecular formula is C32H18N4O6. The molecule has 0 atom stereocenters. The first kappa shape index (κ1) is 24.9. The van der Waals surface area contributed by atoms with Crippen molar-refractivity contribution < 1.29 is 28.7 Å². The fourth-order valence-electron chi connectivity index (χ4n) is 4.86. The molecule has 0 bridgehead atoms. The lowest BCUT2D eigenvalue weighted by Gasteiger charge is -2.12. The van der Waals surface area contributed by atoms with Crippen LogP contribution in [0.2, 0.25) is 0 Å². The number of imide groups is 2. The van der Waals surface area contributed by atoms with Crippen LogP contribution in [0.4, 0.5) is 11.4 Å². The van der Waals surface area contributed by atoms with Crippen molar-refractivity contribution in [2.75, 3.05) is 9.80 Å². The molecule has 10 nitrogen and oxygen atoms in total. The Morgan fingerprint density at radius 3 is 1.21 bits per heavy atom. The summed E-state index contributed by atoms with van der Waals surface area (Å²) in [5.74, 6) is -0.00863. The highest BCUT2D eigenvalue weighted by Crippen LogP contribution is 2.34. The fourth-order valence-corrected chi connectivity index (χ4v) is 4.86. The molecule has 4 heterocycles. The molecule has 2 aliphatic rings. The van der Waals surface area contributed by atoms with Crippen molar-refractivity contribution in [2.45, 2.75) is 0 Å². The number of aromatic nitrogens is 2. The first-order valence-corrected chi connectivity index (χ1v) is 12.8. The van der Waals surface area contributed by atoms with E-state index in [0.717, 1.165) is 9.80 Å². The summed E-state index contributed by atoms with van der Waals surface area (Å²) >= 11 is 0. The maximum Gasteiger partial charge on any atom is 0.266 e. The van der Waals surface area contributed by atoms with E-state index in [1.54, 1.807) is 85.2 Å². The summed E-state index contributed by atoms with van der Waals surface area (Å²) < 4.78 is 11.9. The molecule has 4 amide bonds. The molecule has 0 fully saturated rings. The van der Waals surface area contributed by atoms with Gasteiger partial charge in [-0.1, -0.05) is 0 Å². The Balaban J connectivity index is 1.05. The number of pyridine rings is 2. The van der Waals surface area contributed by atoms with Crippen molar-refractivity contribution in [2.24, 2.45) is 0 Å². The minimum Gasteiger partial charge on any atom is -0.457 e. The highest BCUT2D eigenvalue weighted by molar-refractivity contribution is 6.35. The zero-order chi connectivity index (χ0) is 28.8. The monoisotopic (exact) mass is 554 g/mol. The number of benzene rings is 3. The minimum absolute atomic E-state index is 0.244. The average Bonchev–Trinajstić information content (AvgIpc) is 3.42. The van der Waals surface area contributed by atoms with Gasteiger partial charge in [-0.05, 0) is 84.9 Å². The van der Waals surface area contributed by atoms with Crippen molar-refractivity contribution in [3.63, 3.8) is 0 Å². The molecule has 0 radical (unpaired) electrons. The fraction of sp³-hybridized carbons (Fsp3) is 0. The topological polar surface area (TPSA) is 119 Å². The van der Waals surface area contributed by atoms with E-state index in [1.807, 2.05) is 0 Å². The van der Waals surface area contributed by atoms with Gasteiger partial charge in [-0.25, -0.2) is 9.80 Å². The van der Waals surface area contributed by atoms with Gasteiger partial charge >= 0.3 is 0 Å². The lowest BCUT2D eigenvalue weighted by atomic mass is 10.1. The quantitative estimate of drug-likeness (QED) is 0.247. The summed E-state index contributed by atoms with van der Waals surface area (Å²) in [6, 6.07) is 22.8. The largest absolute Gasteiger partial charge is 0.457 e. The van der Waals surface area contributed by atoms with Gasteiger partial charge in [-0.3, -0.25) is 29.1 Å². The predicted octanol–water partition coefficient (Wildman–Crippen LogP) is 5.66. The maximum atomic E-state index is 13.0. The number of carbonyl (C=O) groups excluding carboxylic acids is 4. The minimum atomic E-state index is -0.449. The van der Waals surface area contributed by atoms with Crippen molar-refractivity contribution >= 4 is 35.0 Å². The van der Waals surface area contributed by atoms with Gasteiger partial charge in [0, 0.05) is 12.4 Å². The van der Waals surface area contributed by atoms with Crippen molar-refractivity contribution in [1.29, 1.82) is 0 Å². The molecule has 0 unspecified atom stereocenters.